The highest BCUT2D eigenvalue weighted by Gasteiger charge is 2.34. The summed E-state index contributed by atoms with van der Waals surface area (Å²) in [7, 11) is 0. The fourth-order valence-corrected chi connectivity index (χ4v) is 4.54. The molecule has 7 nitrogen and oxygen atoms in total. The molecule has 150 valence electrons. The lowest BCUT2D eigenvalue weighted by atomic mass is 10.1. The lowest BCUT2D eigenvalue weighted by Crippen LogP contribution is -2.33. The first-order valence-corrected chi connectivity index (χ1v) is 10.6. The molecule has 0 N–H and O–H groups in total. The van der Waals surface area contributed by atoms with Crippen molar-refractivity contribution in [1.29, 1.82) is 0 Å². The molecule has 29 heavy (non-hydrogen) atoms. The maximum Gasteiger partial charge on any atom is 0.227 e. The molecule has 0 radical (unpaired) electrons. The SMILES string of the molecule is O=C(Cc1cnn(-c2ccccc2)c1)N1CCCC1c1nnc2n1CCCCC2. The number of aryl methyl sites for hydroxylation is 1. The molecule has 1 unspecified atom stereocenters. The van der Waals surface area contributed by atoms with Crippen molar-refractivity contribution in [3.05, 3.63) is 59.9 Å². The van der Waals surface area contributed by atoms with Crippen molar-refractivity contribution >= 4 is 5.91 Å². The van der Waals surface area contributed by atoms with Gasteiger partial charge in [0.1, 0.15) is 5.82 Å². The average Bonchev–Trinajstić information content (AvgIpc) is 3.46. The summed E-state index contributed by atoms with van der Waals surface area (Å²) in [6, 6.07) is 10.0. The molecule has 2 aliphatic rings. The number of hydrogen-bond donors (Lipinski definition) is 0. The Morgan fingerprint density at radius 2 is 1.93 bits per heavy atom. The summed E-state index contributed by atoms with van der Waals surface area (Å²) in [5.41, 5.74) is 1.93. The van der Waals surface area contributed by atoms with Crippen molar-refractivity contribution in [3.63, 3.8) is 0 Å². The van der Waals surface area contributed by atoms with E-state index in [1.165, 1.54) is 12.8 Å². The second-order valence-electron chi connectivity index (χ2n) is 7.99. The number of likely N-dealkylation sites (tertiary alicyclic amines) is 1. The molecule has 5 rings (SSSR count). The highest BCUT2D eigenvalue weighted by Crippen LogP contribution is 2.32. The van der Waals surface area contributed by atoms with Crippen LogP contribution in [0.15, 0.2) is 42.7 Å². The molecule has 4 heterocycles. The van der Waals surface area contributed by atoms with E-state index in [9.17, 15) is 4.79 Å². The predicted octanol–water partition coefficient (Wildman–Crippen LogP) is 3.10. The van der Waals surface area contributed by atoms with E-state index >= 15 is 0 Å². The molecule has 3 aromatic rings. The largest absolute Gasteiger partial charge is 0.332 e. The number of carbonyl (C=O) groups excluding carboxylic acids is 1. The van der Waals surface area contributed by atoms with Crippen molar-refractivity contribution in [2.24, 2.45) is 0 Å². The minimum absolute atomic E-state index is 0.0472. The normalized spacial score (nSPS) is 19.2. The molecular formula is C22H26N6O. The number of hydrogen-bond acceptors (Lipinski definition) is 4. The fourth-order valence-electron chi connectivity index (χ4n) is 4.54. The molecule has 0 aliphatic carbocycles. The third-order valence-corrected chi connectivity index (χ3v) is 6.02. The van der Waals surface area contributed by atoms with Crippen molar-refractivity contribution in [3.8, 4) is 5.69 Å². The second kappa shape index (κ2) is 7.81. The number of fused-ring (bicyclic) bond motifs is 1. The van der Waals surface area contributed by atoms with Gasteiger partial charge >= 0.3 is 0 Å². The average molecular weight is 390 g/mol. The van der Waals surface area contributed by atoms with Gasteiger partial charge in [-0.3, -0.25) is 4.79 Å². The second-order valence-corrected chi connectivity index (χ2v) is 7.99. The van der Waals surface area contributed by atoms with Gasteiger partial charge in [0, 0.05) is 25.7 Å². The van der Waals surface area contributed by atoms with Crippen molar-refractivity contribution in [2.75, 3.05) is 6.54 Å². The van der Waals surface area contributed by atoms with Gasteiger partial charge in [0.25, 0.3) is 0 Å². The van der Waals surface area contributed by atoms with Gasteiger partial charge in [0.05, 0.1) is 24.3 Å². The van der Waals surface area contributed by atoms with Gasteiger partial charge in [-0.05, 0) is 43.4 Å². The zero-order valence-corrected chi connectivity index (χ0v) is 16.6. The topological polar surface area (TPSA) is 68.8 Å². The Hall–Kier alpha value is -2.96. The highest BCUT2D eigenvalue weighted by atomic mass is 16.2. The molecule has 1 atom stereocenters. The Balaban J connectivity index is 1.32. The van der Waals surface area contributed by atoms with Crippen molar-refractivity contribution < 1.29 is 4.79 Å². The van der Waals surface area contributed by atoms with Crippen LogP contribution in [0, 0.1) is 0 Å². The van der Waals surface area contributed by atoms with E-state index in [-0.39, 0.29) is 11.9 Å². The molecule has 1 fully saturated rings. The van der Waals surface area contributed by atoms with Crippen LogP contribution in [-0.2, 0) is 24.2 Å². The van der Waals surface area contributed by atoms with Gasteiger partial charge in [-0.1, -0.05) is 24.6 Å². The molecule has 2 aromatic heterocycles. The molecule has 0 bridgehead atoms. The van der Waals surface area contributed by atoms with E-state index in [1.54, 1.807) is 6.20 Å². The lowest BCUT2D eigenvalue weighted by Gasteiger charge is -2.24. The molecule has 1 saturated heterocycles. The smallest absolute Gasteiger partial charge is 0.227 e. The van der Waals surface area contributed by atoms with E-state index in [0.717, 1.165) is 61.7 Å². The molecule has 1 amide bonds. The van der Waals surface area contributed by atoms with Crippen LogP contribution < -0.4 is 0 Å². The Morgan fingerprint density at radius 3 is 2.83 bits per heavy atom. The summed E-state index contributed by atoms with van der Waals surface area (Å²) in [5.74, 6) is 2.21. The van der Waals surface area contributed by atoms with E-state index in [2.05, 4.69) is 19.9 Å². The third-order valence-electron chi connectivity index (χ3n) is 6.02. The summed E-state index contributed by atoms with van der Waals surface area (Å²) in [6.45, 7) is 1.76. The summed E-state index contributed by atoms with van der Waals surface area (Å²) >= 11 is 0. The molecule has 7 heteroatoms. The zero-order valence-electron chi connectivity index (χ0n) is 16.6. The predicted molar refractivity (Wildman–Crippen MR) is 109 cm³/mol. The number of nitrogens with zero attached hydrogens (tertiary/aromatic N) is 6. The summed E-state index contributed by atoms with van der Waals surface area (Å²) in [4.78, 5) is 15.1. The summed E-state index contributed by atoms with van der Waals surface area (Å²) in [5, 5.41) is 13.4. The minimum atomic E-state index is 0.0472. The number of benzene rings is 1. The van der Waals surface area contributed by atoms with Crippen LogP contribution in [0.3, 0.4) is 0 Å². The van der Waals surface area contributed by atoms with Gasteiger partial charge < -0.3 is 9.47 Å². The van der Waals surface area contributed by atoms with Crippen molar-refractivity contribution in [2.45, 2.75) is 57.5 Å². The van der Waals surface area contributed by atoms with E-state index < -0.39 is 0 Å². The Kier molecular flexibility index (Phi) is 4.87. The third kappa shape index (κ3) is 3.57. The van der Waals surface area contributed by atoms with E-state index in [4.69, 9.17) is 0 Å². The first kappa shape index (κ1) is 18.1. The number of amides is 1. The quantitative estimate of drug-likeness (QED) is 0.686. The molecule has 0 saturated carbocycles. The van der Waals surface area contributed by atoms with Gasteiger partial charge in [-0.15, -0.1) is 10.2 Å². The summed E-state index contributed by atoms with van der Waals surface area (Å²) < 4.78 is 4.10. The van der Waals surface area contributed by atoms with Crippen LogP contribution >= 0.6 is 0 Å². The number of rotatable bonds is 4. The monoisotopic (exact) mass is 390 g/mol. The standard InChI is InChI=1S/C22H26N6O/c29-21(14-17-15-23-28(16-17)18-8-3-1-4-9-18)26-13-7-10-19(26)22-25-24-20-11-5-2-6-12-27(20)22/h1,3-4,8-9,15-16,19H,2,5-7,10-14H2. The Morgan fingerprint density at radius 1 is 1.03 bits per heavy atom. The van der Waals surface area contributed by atoms with E-state index in [1.807, 2.05) is 46.1 Å². The first-order chi connectivity index (χ1) is 14.3. The van der Waals surface area contributed by atoms with Gasteiger partial charge in [0.15, 0.2) is 5.82 Å². The maximum absolute atomic E-state index is 13.1. The van der Waals surface area contributed by atoms with E-state index in [0.29, 0.717) is 6.42 Å². The van der Waals surface area contributed by atoms with Crippen LogP contribution in [0.4, 0.5) is 0 Å². The minimum Gasteiger partial charge on any atom is -0.332 e. The fraction of sp³-hybridized carbons (Fsp3) is 0.455. The number of carbonyl (C=O) groups is 1. The number of para-hydroxylation sites is 1. The number of aromatic nitrogens is 5. The van der Waals surface area contributed by atoms with Gasteiger partial charge in [-0.25, -0.2) is 4.68 Å². The molecule has 1 aromatic carbocycles. The first-order valence-electron chi connectivity index (χ1n) is 10.6. The molecule has 2 aliphatic heterocycles. The van der Waals surface area contributed by atoms with Gasteiger partial charge in [0.2, 0.25) is 5.91 Å². The Labute approximate surface area is 170 Å². The van der Waals surface area contributed by atoms with Crippen LogP contribution in [0.1, 0.15) is 55.4 Å². The maximum atomic E-state index is 13.1. The highest BCUT2D eigenvalue weighted by molar-refractivity contribution is 5.79. The van der Waals surface area contributed by atoms with Crippen molar-refractivity contribution in [1.82, 2.24) is 29.4 Å². The van der Waals surface area contributed by atoms with Crippen LogP contribution in [-0.4, -0.2) is 41.9 Å². The van der Waals surface area contributed by atoms with Crippen LogP contribution in [0.5, 0.6) is 0 Å². The van der Waals surface area contributed by atoms with Crippen LogP contribution in [0.25, 0.3) is 5.69 Å². The molecule has 0 spiro atoms. The Bertz CT molecular complexity index is 992. The summed E-state index contributed by atoms with van der Waals surface area (Å²) in [6.07, 6.45) is 10.7. The van der Waals surface area contributed by atoms with Gasteiger partial charge in [-0.2, -0.15) is 5.10 Å². The van der Waals surface area contributed by atoms with Crippen LogP contribution in [0.2, 0.25) is 0 Å². The molecular weight excluding hydrogens is 364 g/mol. The lowest BCUT2D eigenvalue weighted by molar-refractivity contribution is -0.131. The zero-order chi connectivity index (χ0) is 19.6.